The molecule has 0 radical (unpaired) electrons. The molecule has 2 amide bonds. The molecule has 0 bridgehead atoms. The van der Waals surface area contributed by atoms with E-state index >= 15 is 0 Å². The first-order chi connectivity index (χ1) is 11.4. The molecule has 1 aromatic rings. The van der Waals surface area contributed by atoms with Gasteiger partial charge in [0.1, 0.15) is 11.5 Å². The molecule has 1 saturated heterocycles. The van der Waals surface area contributed by atoms with Crippen LogP contribution in [0.2, 0.25) is 0 Å². The first-order valence-electron chi connectivity index (χ1n) is 8.27. The third-order valence-corrected chi connectivity index (χ3v) is 4.25. The number of hydrogen-bond acceptors (Lipinski definition) is 4. The van der Waals surface area contributed by atoms with Gasteiger partial charge in [-0.15, -0.1) is 0 Å². The zero-order valence-corrected chi connectivity index (χ0v) is 14.8. The second kappa shape index (κ2) is 8.04. The number of carbonyl (C=O) groups is 2. The summed E-state index contributed by atoms with van der Waals surface area (Å²) in [4.78, 5) is 26.3. The maximum Gasteiger partial charge on any atom is 0.254 e. The quantitative estimate of drug-likeness (QED) is 0.895. The summed E-state index contributed by atoms with van der Waals surface area (Å²) in [6.07, 6.45) is 1.54. The van der Waals surface area contributed by atoms with Crippen LogP contribution in [0.15, 0.2) is 18.2 Å². The fourth-order valence-electron chi connectivity index (χ4n) is 2.71. The number of rotatable bonds is 5. The van der Waals surface area contributed by atoms with Gasteiger partial charge in [0, 0.05) is 36.7 Å². The highest BCUT2D eigenvalue weighted by molar-refractivity contribution is 5.95. The monoisotopic (exact) mass is 334 g/mol. The molecule has 1 aliphatic rings. The Kier molecular flexibility index (Phi) is 6.06. The Labute approximate surface area is 143 Å². The highest BCUT2D eigenvalue weighted by Gasteiger charge is 2.25. The molecule has 0 saturated carbocycles. The molecule has 1 aromatic carbocycles. The first-order valence-corrected chi connectivity index (χ1v) is 8.27. The topological polar surface area (TPSA) is 67.9 Å². The Bertz CT molecular complexity index is 570. The number of amides is 2. The Balaban J connectivity index is 1.99. The third kappa shape index (κ3) is 4.40. The van der Waals surface area contributed by atoms with E-state index in [2.05, 4.69) is 5.32 Å². The van der Waals surface area contributed by atoms with E-state index < -0.39 is 0 Å². The van der Waals surface area contributed by atoms with Crippen LogP contribution in [-0.2, 0) is 4.79 Å². The van der Waals surface area contributed by atoms with Crippen LogP contribution in [0.5, 0.6) is 11.5 Å². The van der Waals surface area contributed by atoms with Crippen molar-refractivity contribution in [2.45, 2.75) is 32.7 Å². The van der Waals surface area contributed by atoms with Crippen molar-refractivity contribution in [3.63, 3.8) is 0 Å². The number of nitrogens with one attached hydrogen (secondary N) is 1. The molecule has 0 atom stereocenters. The number of likely N-dealkylation sites (tertiary alicyclic amines) is 1. The SMILES string of the molecule is COc1cc(OC)cc(C(=O)N2CCC(NC(=O)C(C)C)CC2)c1. The molecule has 0 unspecified atom stereocenters. The molecule has 0 aliphatic carbocycles. The summed E-state index contributed by atoms with van der Waals surface area (Å²) in [5.74, 6) is 1.20. The summed E-state index contributed by atoms with van der Waals surface area (Å²) in [6.45, 7) is 5.01. The van der Waals surface area contributed by atoms with Crippen molar-refractivity contribution in [3.8, 4) is 11.5 Å². The molecule has 6 nitrogen and oxygen atoms in total. The molecule has 2 rings (SSSR count). The van der Waals surface area contributed by atoms with Crippen LogP contribution in [0.4, 0.5) is 0 Å². The molecule has 1 N–H and O–H groups in total. The van der Waals surface area contributed by atoms with Gasteiger partial charge < -0.3 is 19.7 Å². The van der Waals surface area contributed by atoms with Gasteiger partial charge in [0.05, 0.1) is 14.2 Å². The van der Waals surface area contributed by atoms with Crippen molar-refractivity contribution in [3.05, 3.63) is 23.8 Å². The number of nitrogens with zero attached hydrogens (tertiary/aromatic N) is 1. The zero-order chi connectivity index (χ0) is 17.7. The van der Waals surface area contributed by atoms with E-state index in [1.807, 2.05) is 18.7 Å². The molecular formula is C18H26N2O4. The van der Waals surface area contributed by atoms with Crippen LogP contribution in [0.25, 0.3) is 0 Å². The zero-order valence-electron chi connectivity index (χ0n) is 14.8. The maximum atomic E-state index is 12.7. The summed E-state index contributed by atoms with van der Waals surface area (Å²) in [5, 5.41) is 3.04. The summed E-state index contributed by atoms with van der Waals surface area (Å²) < 4.78 is 10.4. The lowest BCUT2D eigenvalue weighted by Crippen LogP contribution is -2.47. The van der Waals surface area contributed by atoms with Crippen LogP contribution >= 0.6 is 0 Å². The minimum atomic E-state index is -0.0409. The van der Waals surface area contributed by atoms with Crippen molar-refractivity contribution in [1.82, 2.24) is 10.2 Å². The molecule has 1 heterocycles. The predicted octanol–water partition coefficient (Wildman–Crippen LogP) is 2.08. The predicted molar refractivity (Wildman–Crippen MR) is 91.5 cm³/mol. The highest BCUT2D eigenvalue weighted by atomic mass is 16.5. The normalized spacial score (nSPS) is 15.3. The van der Waals surface area contributed by atoms with E-state index in [9.17, 15) is 9.59 Å². The number of benzene rings is 1. The second-order valence-electron chi connectivity index (χ2n) is 6.33. The van der Waals surface area contributed by atoms with Gasteiger partial charge in [-0.3, -0.25) is 9.59 Å². The Morgan fingerprint density at radius 2 is 1.62 bits per heavy atom. The fourth-order valence-corrected chi connectivity index (χ4v) is 2.71. The molecule has 0 spiro atoms. The van der Waals surface area contributed by atoms with Gasteiger partial charge in [0.15, 0.2) is 0 Å². The lowest BCUT2D eigenvalue weighted by molar-refractivity contribution is -0.124. The molecule has 1 fully saturated rings. The molecule has 0 aromatic heterocycles. The van der Waals surface area contributed by atoms with Crippen LogP contribution in [-0.4, -0.2) is 50.1 Å². The third-order valence-electron chi connectivity index (χ3n) is 4.25. The average molecular weight is 334 g/mol. The van der Waals surface area contributed by atoms with Gasteiger partial charge >= 0.3 is 0 Å². The van der Waals surface area contributed by atoms with Crippen LogP contribution in [0.3, 0.4) is 0 Å². The fraction of sp³-hybridized carbons (Fsp3) is 0.556. The van der Waals surface area contributed by atoms with Crippen molar-refractivity contribution in [2.75, 3.05) is 27.3 Å². The van der Waals surface area contributed by atoms with Gasteiger partial charge in [0.2, 0.25) is 5.91 Å². The van der Waals surface area contributed by atoms with E-state index in [-0.39, 0.29) is 23.8 Å². The second-order valence-corrected chi connectivity index (χ2v) is 6.33. The summed E-state index contributed by atoms with van der Waals surface area (Å²) in [6, 6.07) is 5.32. The van der Waals surface area contributed by atoms with E-state index in [0.29, 0.717) is 30.2 Å². The standard InChI is InChI=1S/C18H26N2O4/c1-12(2)17(21)19-14-5-7-20(8-6-14)18(22)13-9-15(23-3)11-16(10-13)24-4/h9-12,14H,5-8H2,1-4H3,(H,19,21). The van der Waals surface area contributed by atoms with E-state index in [1.165, 1.54) is 0 Å². The summed E-state index contributed by atoms with van der Waals surface area (Å²) >= 11 is 0. The molecule has 6 heteroatoms. The van der Waals surface area contributed by atoms with Gasteiger partial charge in [-0.05, 0) is 25.0 Å². The Morgan fingerprint density at radius 1 is 1.08 bits per heavy atom. The van der Waals surface area contributed by atoms with Crippen LogP contribution < -0.4 is 14.8 Å². The van der Waals surface area contributed by atoms with E-state index in [1.54, 1.807) is 32.4 Å². The van der Waals surface area contributed by atoms with Crippen molar-refractivity contribution in [2.24, 2.45) is 5.92 Å². The van der Waals surface area contributed by atoms with E-state index in [0.717, 1.165) is 12.8 Å². The highest BCUT2D eigenvalue weighted by Crippen LogP contribution is 2.24. The molecular weight excluding hydrogens is 308 g/mol. The molecule has 24 heavy (non-hydrogen) atoms. The van der Waals surface area contributed by atoms with Gasteiger partial charge in [0.25, 0.3) is 5.91 Å². The maximum absolute atomic E-state index is 12.7. The van der Waals surface area contributed by atoms with Gasteiger partial charge in [-0.25, -0.2) is 0 Å². The van der Waals surface area contributed by atoms with Crippen molar-refractivity contribution >= 4 is 11.8 Å². The largest absolute Gasteiger partial charge is 0.497 e. The van der Waals surface area contributed by atoms with Gasteiger partial charge in [-0.2, -0.15) is 0 Å². The van der Waals surface area contributed by atoms with Crippen molar-refractivity contribution in [1.29, 1.82) is 0 Å². The molecule has 132 valence electrons. The molecule has 1 aliphatic heterocycles. The number of ether oxygens (including phenoxy) is 2. The Hall–Kier alpha value is -2.24. The van der Waals surface area contributed by atoms with Gasteiger partial charge in [-0.1, -0.05) is 13.8 Å². The lowest BCUT2D eigenvalue weighted by atomic mass is 10.0. The van der Waals surface area contributed by atoms with Crippen molar-refractivity contribution < 1.29 is 19.1 Å². The first kappa shape index (κ1) is 18.1. The average Bonchev–Trinajstić information content (AvgIpc) is 2.61. The number of hydrogen-bond donors (Lipinski definition) is 1. The minimum Gasteiger partial charge on any atom is -0.497 e. The van der Waals surface area contributed by atoms with E-state index in [4.69, 9.17) is 9.47 Å². The number of piperidine rings is 1. The minimum absolute atomic E-state index is 0.0195. The van der Waals surface area contributed by atoms with Crippen LogP contribution in [0, 0.1) is 5.92 Å². The summed E-state index contributed by atoms with van der Waals surface area (Å²) in [5.41, 5.74) is 0.552. The number of methoxy groups -OCH3 is 2. The Morgan fingerprint density at radius 3 is 2.08 bits per heavy atom. The lowest BCUT2D eigenvalue weighted by Gasteiger charge is -2.33. The summed E-state index contributed by atoms with van der Waals surface area (Å²) in [7, 11) is 3.12. The number of carbonyl (C=O) groups excluding carboxylic acids is 2. The van der Waals surface area contributed by atoms with Crippen LogP contribution in [0.1, 0.15) is 37.0 Å². The smallest absolute Gasteiger partial charge is 0.254 e.